The molecular formula is C30H32FN6O2+. The Morgan fingerprint density at radius 1 is 1.13 bits per heavy atom. The van der Waals surface area contributed by atoms with E-state index in [0.29, 0.717) is 18.8 Å². The predicted molar refractivity (Wildman–Crippen MR) is 150 cm³/mol. The minimum absolute atomic E-state index is 0.0944. The highest BCUT2D eigenvalue weighted by atomic mass is 19.1. The molecule has 4 aromatic rings. The average Bonchev–Trinajstić information content (AvgIpc) is 3.68. The van der Waals surface area contributed by atoms with Gasteiger partial charge in [0.2, 0.25) is 0 Å². The van der Waals surface area contributed by atoms with Crippen LogP contribution in [0.3, 0.4) is 0 Å². The van der Waals surface area contributed by atoms with Crippen LogP contribution < -0.4 is 10.1 Å². The predicted octanol–water partition coefficient (Wildman–Crippen LogP) is 4.23. The third-order valence-corrected chi connectivity index (χ3v) is 7.57. The highest BCUT2D eigenvalue weighted by Gasteiger charge is 2.28. The highest BCUT2D eigenvalue weighted by molar-refractivity contribution is 6.07. The summed E-state index contributed by atoms with van der Waals surface area (Å²) < 4.78 is 23.3. The molecule has 1 fully saturated rings. The molecule has 0 atom stereocenters. The average molecular weight is 528 g/mol. The maximum Gasteiger partial charge on any atom is 0.334 e. The largest absolute Gasteiger partial charge is 0.495 e. The minimum Gasteiger partial charge on any atom is -0.495 e. The maximum atomic E-state index is 14.4. The molecule has 0 spiro atoms. The number of halogens is 1. The summed E-state index contributed by atoms with van der Waals surface area (Å²) in [5.74, 6) is 0.987. The summed E-state index contributed by atoms with van der Waals surface area (Å²) in [5.41, 5.74) is 4.24. The zero-order chi connectivity index (χ0) is 26.8. The van der Waals surface area contributed by atoms with Gasteiger partial charge >= 0.3 is 5.91 Å². The van der Waals surface area contributed by atoms with Crippen molar-refractivity contribution in [3.8, 4) is 5.75 Å². The summed E-state index contributed by atoms with van der Waals surface area (Å²) in [6, 6.07) is 8.64. The summed E-state index contributed by atoms with van der Waals surface area (Å²) in [6.45, 7) is 4.37. The van der Waals surface area contributed by atoms with Crippen LogP contribution in [0.25, 0.3) is 21.9 Å². The number of aryl methyl sites for hydroxylation is 1. The molecule has 9 heteroatoms. The summed E-state index contributed by atoms with van der Waals surface area (Å²) in [7, 11) is 1.60. The van der Waals surface area contributed by atoms with Gasteiger partial charge < -0.3 is 15.0 Å². The second-order valence-electron chi connectivity index (χ2n) is 10.0. The van der Waals surface area contributed by atoms with Crippen molar-refractivity contribution >= 4 is 39.4 Å². The quantitative estimate of drug-likeness (QED) is 0.329. The van der Waals surface area contributed by atoms with Crippen molar-refractivity contribution in [1.82, 2.24) is 19.4 Å². The van der Waals surface area contributed by atoms with Crippen LogP contribution in [0.2, 0.25) is 0 Å². The highest BCUT2D eigenvalue weighted by Crippen LogP contribution is 2.26. The molecule has 1 saturated heterocycles. The first-order chi connectivity index (χ1) is 19.1. The lowest BCUT2D eigenvalue weighted by atomic mass is 10.1. The number of nitrogens with one attached hydrogen (secondary N) is 1. The number of benzene rings is 1. The zero-order valence-corrected chi connectivity index (χ0v) is 22.1. The molecule has 2 aliphatic heterocycles. The lowest BCUT2D eigenvalue weighted by molar-refractivity contribution is -0.439. The van der Waals surface area contributed by atoms with Crippen molar-refractivity contribution in [1.29, 1.82) is 0 Å². The van der Waals surface area contributed by atoms with Gasteiger partial charge in [0.15, 0.2) is 0 Å². The first-order valence-electron chi connectivity index (χ1n) is 13.5. The molecule has 1 aromatic carbocycles. The molecule has 0 unspecified atom stereocenters. The molecule has 1 amide bonds. The van der Waals surface area contributed by atoms with E-state index >= 15 is 0 Å². The number of anilines is 1. The third-order valence-electron chi connectivity index (χ3n) is 7.57. The Kier molecular flexibility index (Phi) is 7.06. The van der Waals surface area contributed by atoms with Crippen molar-refractivity contribution in [2.75, 3.05) is 45.2 Å². The normalized spacial score (nSPS) is 15.8. The third kappa shape index (κ3) is 5.14. The van der Waals surface area contributed by atoms with Crippen molar-refractivity contribution in [3.63, 3.8) is 0 Å². The minimum atomic E-state index is -0.290. The van der Waals surface area contributed by atoms with Gasteiger partial charge in [0.25, 0.3) is 5.84 Å². The number of carbonyl (C=O) groups is 1. The number of nitrogens with zero attached hydrogens (tertiary/aromatic N) is 5. The van der Waals surface area contributed by atoms with Crippen LogP contribution >= 0.6 is 0 Å². The summed E-state index contributed by atoms with van der Waals surface area (Å²) in [6.07, 6.45) is 13.4. The fourth-order valence-corrected chi connectivity index (χ4v) is 5.60. The second-order valence-corrected chi connectivity index (χ2v) is 10.0. The molecule has 0 radical (unpaired) electrons. The molecule has 6 rings (SSSR count). The molecule has 2 aliphatic rings. The fourth-order valence-electron chi connectivity index (χ4n) is 5.60. The number of amides is 1. The molecule has 39 heavy (non-hydrogen) atoms. The SMILES string of the molecule is COc1cnc2c(NCC[N+]3=C(n4cc(CCCN5CCCC5)c5ccc(F)cc54)C=CC3=O)ccnc2c1. The number of methoxy groups -OCH3 is 1. The molecule has 200 valence electrons. The summed E-state index contributed by atoms with van der Waals surface area (Å²) in [5, 5.41) is 4.43. The smallest absolute Gasteiger partial charge is 0.334 e. The lowest BCUT2D eigenvalue weighted by Crippen LogP contribution is -2.29. The van der Waals surface area contributed by atoms with Gasteiger partial charge in [-0.3, -0.25) is 4.98 Å². The molecular weight excluding hydrogens is 495 g/mol. The Bertz CT molecular complexity index is 1600. The van der Waals surface area contributed by atoms with E-state index in [4.69, 9.17) is 4.74 Å². The first-order valence-corrected chi connectivity index (χ1v) is 13.5. The second kappa shape index (κ2) is 10.9. The van der Waals surface area contributed by atoms with Crippen LogP contribution in [-0.2, 0) is 11.2 Å². The Hall–Kier alpha value is -4.11. The van der Waals surface area contributed by atoms with E-state index in [0.717, 1.165) is 52.8 Å². The van der Waals surface area contributed by atoms with Crippen LogP contribution in [0.4, 0.5) is 10.1 Å². The number of allylic oxidation sites excluding steroid dienone is 1. The van der Waals surface area contributed by atoms with Gasteiger partial charge in [-0.05, 0) is 63.5 Å². The Labute approximate surface area is 226 Å². The Morgan fingerprint density at radius 3 is 2.85 bits per heavy atom. The van der Waals surface area contributed by atoms with Gasteiger partial charge in [0, 0.05) is 41.4 Å². The van der Waals surface area contributed by atoms with Crippen molar-refractivity contribution in [2.24, 2.45) is 0 Å². The standard InChI is InChI=1S/C30H31FN6O2/c1-39-23-18-26-30(34-19-23)25(10-11-32-26)33-12-16-36-28(8-9-29(36)38)37-20-21(5-4-15-35-13-2-3-14-35)24-7-6-22(31)17-27(24)37/h6-11,17-20H,2-5,12-16H2,1H3/p+1. The van der Waals surface area contributed by atoms with E-state index in [-0.39, 0.29) is 11.7 Å². The van der Waals surface area contributed by atoms with Crippen LogP contribution in [0.5, 0.6) is 5.75 Å². The number of rotatable bonds is 9. The van der Waals surface area contributed by atoms with E-state index in [1.54, 1.807) is 36.2 Å². The van der Waals surface area contributed by atoms with Crippen LogP contribution in [-0.4, -0.2) is 75.6 Å². The molecule has 3 aromatic heterocycles. The van der Waals surface area contributed by atoms with Crippen molar-refractivity contribution in [2.45, 2.75) is 25.7 Å². The van der Waals surface area contributed by atoms with Gasteiger partial charge in [-0.1, -0.05) is 0 Å². The first kappa shape index (κ1) is 25.2. The van der Waals surface area contributed by atoms with Gasteiger partial charge in [-0.15, -0.1) is 0 Å². The topological polar surface area (TPSA) is 75.3 Å². The molecule has 0 saturated carbocycles. The Morgan fingerprint density at radius 2 is 2.00 bits per heavy atom. The van der Waals surface area contributed by atoms with Crippen LogP contribution in [0.15, 0.2) is 61.1 Å². The van der Waals surface area contributed by atoms with Gasteiger partial charge in [0.05, 0.1) is 31.1 Å². The number of ether oxygens (including phenoxy) is 1. The number of carbonyl (C=O) groups excluding carboxylic acids is 1. The lowest BCUT2D eigenvalue weighted by Gasteiger charge is -2.13. The number of aromatic nitrogens is 3. The summed E-state index contributed by atoms with van der Waals surface area (Å²) >= 11 is 0. The summed E-state index contributed by atoms with van der Waals surface area (Å²) in [4.78, 5) is 24.3. The van der Waals surface area contributed by atoms with E-state index in [1.807, 2.05) is 28.8 Å². The van der Waals surface area contributed by atoms with E-state index in [1.165, 1.54) is 37.6 Å². The van der Waals surface area contributed by atoms with Crippen molar-refractivity contribution in [3.05, 3.63) is 72.5 Å². The molecule has 8 nitrogen and oxygen atoms in total. The fraction of sp³-hybridized carbons (Fsp3) is 0.333. The molecule has 0 aliphatic carbocycles. The zero-order valence-electron chi connectivity index (χ0n) is 22.1. The van der Waals surface area contributed by atoms with E-state index < -0.39 is 0 Å². The molecule has 1 N–H and O–H groups in total. The van der Waals surface area contributed by atoms with Gasteiger partial charge in [0.1, 0.15) is 35.3 Å². The van der Waals surface area contributed by atoms with Gasteiger partial charge in [-0.2, -0.15) is 9.14 Å². The van der Waals surface area contributed by atoms with Gasteiger partial charge in [-0.25, -0.2) is 14.2 Å². The number of hydrogen-bond donors (Lipinski definition) is 1. The number of hydrogen-bond acceptors (Lipinski definition) is 6. The van der Waals surface area contributed by atoms with Crippen molar-refractivity contribution < 1.29 is 18.5 Å². The van der Waals surface area contributed by atoms with E-state index in [9.17, 15) is 9.18 Å². The van der Waals surface area contributed by atoms with Crippen LogP contribution in [0, 0.1) is 5.82 Å². The monoisotopic (exact) mass is 527 g/mol. The number of fused-ring (bicyclic) bond motifs is 2. The van der Waals surface area contributed by atoms with E-state index in [2.05, 4.69) is 26.4 Å². The number of pyridine rings is 2. The Balaban J connectivity index is 1.24. The molecule has 5 heterocycles. The van der Waals surface area contributed by atoms with Crippen LogP contribution in [0.1, 0.15) is 24.8 Å². The number of likely N-dealkylation sites (tertiary alicyclic amines) is 1. The molecule has 0 bridgehead atoms. The maximum absolute atomic E-state index is 14.4.